The highest BCUT2D eigenvalue weighted by molar-refractivity contribution is 6.30. The molecule has 0 heterocycles. The fourth-order valence-corrected chi connectivity index (χ4v) is 2.35. The van der Waals surface area contributed by atoms with Gasteiger partial charge in [0.25, 0.3) is 0 Å². The number of ketones is 2. The maximum absolute atomic E-state index is 12.4. The summed E-state index contributed by atoms with van der Waals surface area (Å²) in [5.74, 6) is -1.22. The van der Waals surface area contributed by atoms with Crippen LogP contribution in [-0.2, 0) is 0 Å². The minimum atomic E-state index is -0.512. The van der Waals surface area contributed by atoms with Gasteiger partial charge in [-0.05, 0) is 30.3 Å². The Morgan fingerprint density at radius 2 is 1.40 bits per heavy atom. The van der Waals surface area contributed by atoms with Gasteiger partial charge in [0.2, 0.25) is 0 Å². The fraction of sp³-hybridized carbons (Fsp3) is 0.0667. The van der Waals surface area contributed by atoms with E-state index < -0.39 is 11.6 Å². The van der Waals surface area contributed by atoms with Gasteiger partial charge in [0.1, 0.15) is 17.2 Å². The van der Waals surface area contributed by atoms with Crippen LogP contribution in [0.1, 0.15) is 31.8 Å². The molecule has 0 radical (unpaired) electrons. The summed E-state index contributed by atoms with van der Waals surface area (Å²) in [7, 11) is 1.45. The zero-order valence-electron chi connectivity index (χ0n) is 10.5. The molecule has 0 bridgehead atoms. The molecule has 2 aromatic carbocycles. The second-order valence-electron chi connectivity index (χ2n) is 4.42. The third-order valence-electron chi connectivity index (χ3n) is 3.33. The molecule has 0 unspecified atom stereocenters. The van der Waals surface area contributed by atoms with Crippen molar-refractivity contribution < 1.29 is 24.5 Å². The molecule has 2 aromatic rings. The van der Waals surface area contributed by atoms with E-state index in [4.69, 9.17) is 4.74 Å². The Balaban J connectivity index is 2.33. The highest BCUT2D eigenvalue weighted by atomic mass is 16.5. The molecule has 2 N–H and O–H groups in total. The Labute approximate surface area is 114 Å². The van der Waals surface area contributed by atoms with Crippen molar-refractivity contribution in [1.29, 1.82) is 0 Å². The van der Waals surface area contributed by atoms with Crippen molar-refractivity contribution in [3.63, 3.8) is 0 Å². The quantitative estimate of drug-likeness (QED) is 0.659. The second kappa shape index (κ2) is 4.09. The van der Waals surface area contributed by atoms with Crippen LogP contribution in [0.5, 0.6) is 17.2 Å². The lowest BCUT2D eigenvalue weighted by atomic mass is 9.83. The number of phenols is 2. The third-order valence-corrected chi connectivity index (χ3v) is 3.33. The van der Waals surface area contributed by atoms with E-state index in [0.29, 0.717) is 5.75 Å². The number of carbonyl (C=O) groups is 2. The summed E-state index contributed by atoms with van der Waals surface area (Å²) >= 11 is 0. The van der Waals surface area contributed by atoms with Crippen molar-refractivity contribution in [3.05, 3.63) is 52.6 Å². The first-order valence-corrected chi connectivity index (χ1v) is 5.87. The lowest BCUT2D eigenvalue weighted by molar-refractivity contribution is 0.0974. The van der Waals surface area contributed by atoms with Gasteiger partial charge >= 0.3 is 0 Å². The predicted molar refractivity (Wildman–Crippen MR) is 69.6 cm³/mol. The molecule has 5 nitrogen and oxygen atoms in total. The molecular formula is C15H10O5. The fourth-order valence-electron chi connectivity index (χ4n) is 2.35. The summed E-state index contributed by atoms with van der Waals surface area (Å²) in [6, 6.07) is 6.86. The Hall–Kier alpha value is -2.82. The maximum atomic E-state index is 12.4. The minimum absolute atomic E-state index is 0.155. The molecule has 0 saturated heterocycles. The molecule has 0 aromatic heterocycles. The van der Waals surface area contributed by atoms with E-state index in [0.717, 1.165) is 0 Å². The van der Waals surface area contributed by atoms with Gasteiger partial charge in [-0.15, -0.1) is 0 Å². The molecule has 0 amide bonds. The van der Waals surface area contributed by atoms with Crippen molar-refractivity contribution in [3.8, 4) is 17.2 Å². The minimum Gasteiger partial charge on any atom is -0.507 e. The van der Waals surface area contributed by atoms with Gasteiger partial charge in [-0.2, -0.15) is 0 Å². The lowest BCUT2D eigenvalue weighted by Crippen LogP contribution is -2.21. The highest BCUT2D eigenvalue weighted by Gasteiger charge is 2.34. The number of hydrogen-bond acceptors (Lipinski definition) is 5. The standard InChI is InChI=1S/C15H10O5/c1-20-7-2-3-8-9(6-7)15(19)13-11(17)5-4-10(16)12(13)14(8)18/h2-6,16-17H,1H3. The molecule has 0 atom stereocenters. The molecule has 3 rings (SSSR count). The van der Waals surface area contributed by atoms with Crippen molar-refractivity contribution in [2.24, 2.45) is 0 Å². The van der Waals surface area contributed by atoms with E-state index >= 15 is 0 Å². The van der Waals surface area contributed by atoms with E-state index in [9.17, 15) is 19.8 Å². The number of carbonyl (C=O) groups excluding carboxylic acids is 2. The summed E-state index contributed by atoms with van der Waals surface area (Å²) in [6.07, 6.45) is 0. The maximum Gasteiger partial charge on any atom is 0.198 e. The number of rotatable bonds is 1. The van der Waals surface area contributed by atoms with Gasteiger partial charge in [-0.1, -0.05) is 0 Å². The number of benzene rings is 2. The first kappa shape index (κ1) is 12.2. The summed E-state index contributed by atoms with van der Waals surface area (Å²) in [6.45, 7) is 0. The molecule has 0 saturated carbocycles. The average molecular weight is 270 g/mol. The molecule has 0 spiro atoms. The van der Waals surface area contributed by atoms with Crippen LogP contribution < -0.4 is 4.74 Å². The monoisotopic (exact) mass is 270 g/mol. The molecule has 1 aliphatic rings. The van der Waals surface area contributed by atoms with E-state index in [-0.39, 0.29) is 33.8 Å². The zero-order chi connectivity index (χ0) is 14.4. The molecule has 20 heavy (non-hydrogen) atoms. The Morgan fingerprint density at radius 3 is 1.95 bits per heavy atom. The molecule has 0 fully saturated rings. The predicted octanol–water partition coefficient (Wildman–Crippen LogP) is 1.88. The summed E-state index contributed by atoms with van der Waals surface area (Å²) < 4.78 is 5.03. The third kappa shape index (κ3) is 1.50. The zero-order valence-corrected chi connectivity index (χ0v) is 10.5. The van der Waals surface area contributed by atoms with Crippen LogP contribution in [0.2, 0.25) is 0 Å². The Kier molecular flexibility index (Phi) is 2.50. The van der Waals surface area contributed by atoms with Crippen LogP contribution >= 0.6 is 0 Å². The first-order chi connectivity index (χ1) is 9.54. The number of hydrogen-bond donors (Lipinski definition) is 2. The normalized spacial score (nSPS) is 12.8. The van der Waals surface area contributed by atoms with E-state index in [1.54, 1.807) is 6.07 Å². The van der Waals surface area contributed by atoms with Gasteiger partial charge in [-0.3, -0.25) is 9.59 Å². The number of fused-ring (bicyclic) bond motifs is 2. The van der Waals surface area contributed by atoms with Crippen LogP contribution in [0.25, 0.3) is 0 Å². The van der Waals surface area contributed by atoms with Crippen LogP contribution in [0.4, 0.5) is 0 Å². The number of methoxy groups -OCH3 is 1. The van der Waals surface area contributed by atoms with Gasteiger partial charge in [0, 0.05) is 11.1 Å². The average Bonchev–Trinajstić information content (AvgIpc) is 2.46. The summed E-state index contributed by atoms with van der Waals surface area (Å²) in [5, 5.41) is 19.6. The second-order valence-corrected chi connectivity index (χ2v) is 4.42. The van der Waals surface area contributed by atoms with Gasteiger partial charge in [0.15, 0.2) is 11.6 Å². The highest BCUT2D eigenvalue weighted by Crippen LogP contribution is 2.38. The Bertz CT molecular complexity index is 761. The van der Waals surface area contributed by atoms with E-state index in [1.165, 1.54) is 31.4 Å². The van der Waals surface area contributed by atoms with Crippen molar-refractivity contribution >= 4 is 11.6 Å². The van der Waals surface area contributed by atoms with Gasteiger partial charge in [0.05, 0.1) is 18.2 Å². The largest absolute Gasteiger partial charge is 0.507 e. The molecule has 1 aliphatic carbocycles. The van der Waals surface area contributed by atoms with Crippen molar-refractivity contribution in [2.75, 3.05) is 7.11 Å². The number of phenolic OH excluding ortho intramolecular Hbond substituents is 2. The van der Waals surface area contributed by atoms with Crippen molar-refractivity contribution in [2.45, 2.75) is 0 Å². The van der Waals surface area contributed by atoms with E-state index in [1.807, 2.05) is 0 Å². The van der Waals surface area contributed by atoms with Gasteiger partial charge < -0.3 is 14.9 Å². The van der Waals surface area contributed by atoms with Gasteiger partial charge in [-0.25, -0.2) is 0 Å². The molecule has 0 aliphatic heterocycles. The summed E-state index contributed by atoms with van der Waals surface area (Å²) in [5.41, 5.74) is 0.00960. The van der Waals surface area contributed by atoms with Crippen LogP contribution in [0.3, 0.4) is 0 Å². The molecule has 100 valence electrons. The number of ether oxygens (including phenoxy) is 1. The van der Waals surface area contributed by atoms with E-state index in [2.05, 4.69) is 0 Å². The van der Waals surface area contributed by atoms with Crippen molar-refractivity contribution in [1.82, 2.24) is 0 Å². The lowest BCUT2D eigenvalue weighted by Gasteiger charge is -2.19. The number of aromatic hydroxyl groups is 2. The summed E-state index contributed by atoms with van der Waals surface area (Å²) in [4.78, 5) is 24.8. The van der Waals surface area contributed by atoms with Crippen LogP contribution in [0, 0.1) is 0 Å². The molecule has 5 heteroatoms. The first-order valence-electron chi connectivity index (χ1n) is 5.87. The smallest absolute Gasteiger partial charge is 0.198 e. The molecular weight excluding hydrogens is 260 g/mol. The van der Waals surface area contributed by atoms with Crippen LogP contribution in [-0.4, -0.2) is 28.9 Å². The topological polar surface area (TPSA) is 83.8 Å². The SMILES string of the molecule is COc1ccc2c(c1)C(=O)c1c(O)ccc(O)c1C2=O. The Morgan fingerprint density at radius 1 is 0.850 bits per heavy atom. The van der Waals surface area contributed by atoms with Crippen LogP contribution in [0.15, 0.2) is 30.3 Å².